The van der Waals surface area contributed by atoms with Gasteiger partial charge in [-0.1, -0.05) is 24.3 Å². The lowest BCUT2D eigenvalue weighted by molar-refractivity contribution is -0.151. The number of ether oxygens (including phenoxy) is 1. The molecule has 5 aliphatic rings. The van der Waals surface area contributed by atoms with Crippen LogP contribution >= 0.6 is 0 Å². The number of esters is 1. The minimum atomic E-state index is -3.97. The highest BCUT2D eigenvalue weighted by molar-refractivity contribution is 7.89. The number of rotatable bonds is 8. The number of nitrogens with one attached hydrogen (secondary N) is 2. The highest BCUT2D eigenvalue weighted by Gasteiger charge is 2.51. The Labute approximate surface area is 241 Å². The number of hydrogen-bond acceptors (Lipinski definition) is 6. The zero-order valence-electron chi connectivity index (χ0n) is 23.3. The van der Waals surface area contributed by atoms with Crippen molar-refractivity contribution >= 4 is 33.5 Å². The third-order valence-electron chi connectivity index (χ3n) is 9.31. The van der Waals surface area contributed by atoms with Crippen molar-refractivity contribution in [2.45, 2.75) is 74.8 Å². The number of nitrogens with zero attached hydrogens (tertiary/aromatic N) is 1. The molecule has 0 aromatic heterocycles. The third kappa shape index (κ3) is 5.77. The van der Waals surface area contributed by atoms with Crippen molar-refractivity contribution in [3.8, 4) is 0 Å². The van der Waals surface area contributed by atoms with Crippen molar-refractivity contribution in [2.24, 2.45) is 17.8 Å². The highest BCUT2D eigenvalue weighted by atomic mass is 32.2. The van der Waals surface area contributed by atoms with Gasteiger partial charge in [0, 0.05) is 24.7 Å². The molecule has 218 valence electrons. The summed E-state index contributed by atoms with van der Waals surface area (Å²) in [6.45, 7) is 1.22. The lowest BCUT2D eigenvalue weighted by Crippen LogP contribution is -2.60. The van der Waals surface area contributed by atoms with Gasteiger partial charge in [-0.05, 0) is 98.1 Å². The van der Waals surface area contributed by atoms with E-state index in [1.807, 2.05) is 24.3 Å². The van der Waals surface area contributed by atoms with Crippen molar-refractivity contribution in [1.29, 1.82) is 0 Å². The molecule has 2 aromatic carbocycles. The van der Waals surface area contributed by atoms with Crippen molar-refractivity contribution in [3.63, 3.8) is 0 Å². The summed E-state index contributed by atoms with van der Waals surface area (Å²) < 4.78 is 34.3. The maximum atomic E-state index is 13.8. The van der Waals surface area contributed by atoms with Gasteiger partial charge in [0.15, 0.2) is 6.61 Å². The zero-order chi connectivity index (χ0) is 28.8. The van der Waals surface area contributed by atoms with E-state index in [4.69, 9.17) is 4.74 Å². The Kier molecular flexibility index (Phi) is 7.40. The molecule has 4 aliphatic carbocycles. The average Bonchev–Trinajstić information content (AvgIpc) is 2.91. The topological polar surface area (TPSA) is 122 Å². The molecule has 1 unspecified atom stereocenters. The smallest absolute Gasteiger partial charge is 0.308 e. The molecule has 2 aromatic rings. The fourth-order valence-corrected chi connectivity index (χ4v) is 9.74. The van der Waals surface area contributed by atoms with Crippen LogP contribution in [0.4, 0.5) is 5.69 Å². The lowest BCUT2D eigenvalue weighted by atomic mass is 9.53. The molecule has 2 N–H and O–H groups in total. The minimum absolute atomic E-state index is 0.0688. The molecule has 4 saturated carbocycles. The Balaban J connectivity index is 1.14. The molecule has 1 atom stereocenters. The standard InChI is InChI=1S/C31H37N3O6S/c1-20(35)32-25-6-8-26(9-7-25)41(38,39)34-11-10-24-4-2-3-5-27(24)28(34)15-30(37)40-19-29(36)33-31-16-21-12-22(17-31)14-23(13-21)18-31/h2-9,21-23,28H,10-19H2,1H3,(H,32,35)(H,33,36). The van der Waals surface area contributed by atoms with E-state index in [2.05, 4.69) is 10.6 Å². The summed E-state index contributed by atoms with van der Waals surface area (Å²) in [7, 11) is -3.97. The van der Waals surface area contributed by atoms with E-state index in [1.54, 1.807) is 0 Å². The molecule has 0 spiro atoms. The van der Waals surface area contributed by atoms with Crippen LogP contribution in [-0.2, 0) is 35.6 Å². The number of sulfonamides is 1. The monoisotopic (exact) mass is 579 g/mol. The number of hydrogen-bond donors (Lipinski definition) is 2. The molecule has 1 aliphatic heterocycles. The predicted octanol–water partition coefficient (Wildman–Crippen LogP) is 3.95. The second-order valence-corrected chi connectivity index (χ2v) is 14.3. The van der Waals surface area contributed by atoms with Crippen LogP contribution in [0.3, 0.4) is 0 Å². The summed E-state index contributed by atoms with van der Waals surface area (Å²) in [4.78, 5) is 37.4. The fraction of sp³-hybridized carbons (Fsp3) is 0.516. The average molecular weight is 580 g/mol. The summed E-state index contributed by atoms with van der Waals surface area (Å²) in [6.07, 6.45) is 7.15. The first-order chi connectivity index (χ1) is 19.6. The Morgan fingerprint density at radius 3 is 2.22 bits per heavy atom. The van der Waals surface area contributed by atoms with Crippen LogP contribution in [-0.4, -0.2) is 49.2 Å². The lowest BCUT2D eigenvalue weighted by Gasteiger charge is -2.56. The number of anilines is 1. The Morgan fingerprint density at radius 2 is 1.59 bits per heavy atom. The van der Waals surface area contributed by atoms with Crippen molar-refractivity contribution in [2.75, 3.05) is 18.5 Å². The normalized spacial score (nSPS) is 28.5. The number of carbonyl (C=O) groups is 3. The minimum Gasteiger partial charge on any atom is -0.456 e. The predicted molar refractivity (Wildman–Crippen MR) is 152 cm³/mol. The van der Waals surface area contributed by atoms with Crippen LogP contribution in [0.15, 0.2) is 53.4 Å². The van der Waals surface area contributed by atoms with Gasteiger partial charge in [0.05, 0.1) is 17.4 Å². The van der Waals surface area contributed by atoms with Gasteiger partial charge in [-0.15, -0.1) is 0 Å². The summed E-state index contributed by atoms with van der Waals surface area (Å²) >= 11 is 0. The summed E-state index contributed by atoms with van der Waals surface area (Å²) in [5, 5.41) is 5.86. The first-order valence-electron chi connectivity index (χ1n) is 14.5. The van der Waals surface area contributed by atoms with Gasteiger partial charge in [0.1, 0.15) is 0 Å². The van der Waals surface area contributed by atoms with Crippen molar-refractivity contribution < 1.29 is 27.5 Å². The molecule has 7 rings (SSSR count). The van der Waals surface area contributed by atoms with Gasteiger partial charge >= 0.3 is 5.97 Å². The summed E-state index contributed by atoms with van der Waals surface area (Å²) in [6, 6.07) is 12.7. The van der Waals surface area contributed by atoms with Gasteiger partial charge < -0.3 is 15.4 Å². The van der Waals surface area contributed by atoms with Crippen LogP contribution in [0.1, 0.15) is 69.0 Å². The molecule has 4 bridgehead atoms. The van der Waals surface area contributed by atoms with Crippen LogP contribution in [0.2, 0.25) is 0 Å². The van der Waals surface area contributed by atoms with Crippen LogP contribution in [0, 0.1) is 17.8 Å². The van der Waals surface area contributed by atoms with Gasteiger partial charge in [-0.2, -0.15) is 4.31 Å². The molecule has 10 heteroatoms. The zero-order valence-corrected chi connectivity index (χ0v) is 24.1. The van der Waals surface area contributed by atoms with Crippen molar-refractivity contribution in [1.82, 2.24) is 9.62 Å². The van der Waals surface area contributed by atoms with Crippen LogP contribution in [0.25, 0.3) is 0 Å². The molecule has 0 saturated heterocycles. The molecule has 9 nitrogen and oxygen atoms in total. The van der Waals surface area contributed by atoms with E-state index in [0.29, 0.717) is 29.9 Å². The SMILES string of the molecule is CC(=O)Nc1ccc(S(=O)(=O)N2CCc3ccccc3C2CC(=O)OCC(=O)NC23CC4CC(CC(C4)C2)C3)cc1. The molecule has 41 heavy (non-hydrogen) atoms. The first-order valence-corrected chi connectivity index (χ1v) is 16.0. The van der Waals surface area contributed by atoms with Gasteiger partial charge in [0.2, 0.25) is 15.9 Å². The van der Waals surface area contributed by atoms with Crippen LogP contribution in [0.5, 0.6) is 0 Å². The van der Waals surface area contributed by atoms with E-state index in [9.17, 15) is 22.8 Å². The quantitative estimate of drug-likeness (QED) is 0.457. The number of carbonyl (C=O) groups excluding carboxylic acids is 3. The van der Waals surface area contributed by atoms with E-state index in [-0.39, 0.29) is 41.8 Å². The maximum Gasteiger partial charge on any atom is 0.308 e. The Hall–Kier alpha value is -3.24. The van der Waals surface area contributed by atoms with E-state index in [0.717, 1.165) is 30.4 Å². The number of benzene rings is 2. The Morgan fingerprint density at radius 1 is 0.951 bits per heavy atom. The maximum absolute atomic E-state index is 13.8. The van der Waals surface area contributed by atoms with Gasteiger partial charge in [-0.25, -0.2) is 8.42 Å². The molecular formula is C31H37N3O6S. The summed E-state index contributed by atoms with van der Waals surface area (Å²) in [5.74, 6) is 0.903. The van der Waals surface area contributed by atoms with Gasteiger partial charge in [-0.3, -0.25) is 14.4 Å². The molecule has 1 heterocycles. The van der Waals surface area contributed by atoms with Gasteiger partial charge in [0.25, 0.3) is 5.91 Å². The third-order valence-corrected chi connectivity index (χ3v) is 11.2. The molecule has 2 amide bonds. The molecule has 0 radical (unpaired) electrons. The Bertz CT molecular complexity index is 1420. The summed E-state index contributed by atoms with van der Waals surface area (Å²) in [5.41, 5.74) is 2.07. The van der Waals surface area contributed by atoms with E-state index < -0.39 is 22.0 Å². The number of fused-ring (bicyclic) bond motifs is 1. The largest absolute Gasteiger partial charge is 0.456 e. The highest BCUT2D eigenvalue weighted by Crippen LogP contribution is 2.55. The second kappa shape index (κ2) is 10.9. The molecule has 4 fully saturated rings. The first kappa shape index (κ1) is 27.9. The van der Waals surface area contributed by atoms with E-state index in [1.165, 1.54) is 54.8 Å². The fourth-order valence-electron chi connectivity index (χ4n) is 8.14. The van der Waals surface area contributed by atoms with Crippen molar-refractivity contribution in [3.05, 3.63) is 59.7 Å². The molecular weight excluding hydrogens is 542 g/mol. The van der Waals surface area contributed by atoms with Crippen LogP contribution < -0.4 is 10.6 Å². The number of amides is 2. The van der Waals surface area contributed by atoms with E-state index >= 15 is 0 Å². The second-order valence-electron chi connectivity index (χ2n) is 12.4.